The van der Waals surface area contributed by atoms with E-state index in [2.05, 4.69) is 33.7 Å². The molecule has 0 radical (unpaired) electrons. The first-order chi connectivity index (χ1) is 12.3. The molecule has 1 aliphatic heterocycles. The zero-order valence-electron chi connectivity index (χ0n) is 13.8. The van der Waals surface area contributed by atoms with Gasteiger partial charge in [0.2, 0.25) is 5.91 Å². The Morgan fingerprint density at radius 2 is 2.16 bits per heavy atom. The molecule has 5 heteroatoms. The van der Waals surface area contributed by atoms with Gasteiger partial charge in [0.1, 0.15) is 6.33 Å². The predicted molar refractivity (Wildman–Crippen MR) is 96.9 cm³/mol. The smallest absolute Gasteiger partial charge is 0.245 e. The van der Waals surface area contributed by atoms with Crippen molar-refractivity contribution in [3.8, 4) is 11.1 Å². The minimum atomic E-state index is -0.00940. The Kier molecular flexibility index (Phi) is 3.98. The van der Waals surface area contributed by atoms with E-state index in [4.69, 9.17) is 0 Å². The molecule has 3 heterocycles. The minimum absolute atomic E-state index is 0.00940. The summed E-state index contributed by atoms with van der Waals surface area (Å²) in [6, 6.07) is 8.25. The lowest BCUT2D eigenvalue weighted by Gasteiger charge is -2.16. The van der Waals surface area contributed by atoms with Gasteiger partial charge in [-0.05, 0) is 41.8 Å². The van der Waals surface area contributed by atoms with Crippen molar-refractivity contribution in [2.24, 2.45) is 0 Å². The van der Waals surface area contributed by atoms with Gasteiger partial charge in [-0.3, -0.25) is 9.78 Å². The normalized spacial score (nSPS) is 17.0. The third-order valence-corrected chi connectivity index (χ3v) is 4.75. The van der Waals surface area contributed by atoms with E-state index in [9.17, 15) is 4.79 Å². The molecule has 1 amide bonds. The highest BCUT2D eigenvalue weighted by Gasteiger charge is 2.28. The quantitative estimate of drug-likeness (QED) is 0.692. The van der Waals surface area contributed by atoms with Crippen LogP contribution in [0.3, 0.4) is 0 Å². The molecule has 1 saturated heterocycles. The second-order valence-electron chi connectivity index (χ2n) is 6.24. The fourth-order valence-corrected chi connectivity index (χ4v) is 3.49. The van der Waals surface area contributed by atoms with Crippen LogP contribution in [0.15, 0.2) is 61.8 Å². The van der Waals surface area contributed by atoms with Crippen LogP contribution in [0.5, 0.6) is 0 Å². The Morgan fingerprint density at radius 1 is 1.24 bits per heavy atom. The van der Waals surface area contributed by atoms with Crippen LogP contribution in [-0.2, 0) is 4.79 Å². The molecule has 3 aromatic rings. The molecule has 1 atom stereocenters. The zero-order valence-corrected chi connectivity index (χ0v) is 13.8. The topological polar surface area (TPSA) is 59.0 Å². The monoisotopic (exact) mass is 330 g/mol. The highest BCUT2D eigenvalue weighted by atomic mass is 16.2. The van der Waals surface area contributed by atoms with Gasteiger partial charge in [0, 0.05) is 48.5 Å². The Hall–Kier alpha value is -3.08. The van der Waals surface area contributed by atoms with Crippen molar-refractivity contribution in [2.45, 2.75) is 12.3 Å². The lowest BCUT2D eigenvalue weighted by molar-refractivity contribution is -0.125. The van der Waals surface area contributed by atoms with E-state index in [-0.39, 0.29) is 11.8 Å². The molecule has 2 aromatic heterocycles. The molecular weight excluding hydrogens is 312 g/mol. The second-order valence-corrected chi connectivity index (χ2v) is 6.24. The number of benzene rings is 1. The van der Waals surface area contributed by atoms with E-state index in [1.54, 1.807) is 12.5 Å². The number of nitrogens with zero attached hydrogens (tertiary/aromatic N) is 4. The van der Waals surface area contributed by atoms with Crippen LogP contribution in [0.1, 0.15) is 17.9 Å². The minimum Gasteiger partial charge on any atom is -0.339 e. The number of carbonyl (C=O) groups excluding carboxylic acids is 1. The standard InChI is InChI=1S/C20H18N4O/c1-2-19(25)24-7-5-15(12-24)18-9-16(14-4-3-6-21-10-14)8-17-11-22-13-23-20(17)18/h2-4,6,8-11,13,15H,1,5,7,12H2. The predicted octanol–water partition coefficient (Wildman–Crippen LogP) is 3.19. The molecule has 0 bridgehead atoms. The maximum Gasteiger partial charge on any atom is 0.245 e. The van der Waals surface area contributed by atoms with Gasteiger partial charge in [-0.2, -0.15) is 0 Å². The van der Waals surface area contributed by atoms with Crippen molar-refractivity contribution in [1.82, 2.24) is 19.9 Å². The molecule has 1 aliphatic rings. The van der Waals surface area contributed by atoms with Crippen LogP contribution in [-0.4, -0.2) is 38.8 Å². The number of hydrogen-bond donors (Lipinski definition) is 0. The van der Waals surface area contributed by atoms with Gasteiger partial charge in [-0.25, -0.2) is 9.97 Å². The first-order valence-corrected chi connectivity index (χ1v) is 8.31. The summed E-state index contributed by atoms with van der Waals surface area (Å²) in [6.45, 7) is 5.03. The maximum atomic E-state index is 11.9. The number of rotatable bonds is 3. The van der Waals surface area contributed by atoms with E-state index in [0.29, 0.717) is 6.54 Å². The molecule has 124 valence electrons. The number of likely N-dealkylation sites (tertiary alicyclic amines) is 1. The lowest BCUT2D eigenvalue weighted by Crippen LogP contribution is -2.26. The van der Waals surface area contributed by atoms with Crippen LogP contribution in [0.25, 0.3) is 22.0 Å². The average Bonchev–Trinajstić information content (AvgIpc) is 3.17. The zero-order chi connectivity index (χ0) is 17.2. The third-order valence-electron chi connectivity index (χ3n) is 4.75. The van der Waals surface area contributed by atoms with Gasteiger partial charge < -0.3 is 4.90 Å². The van der Waals surface area contributed by atoms with Crippen molar-refractivity contribution >= 4 is 16.8 Å². The van der Waals surface area contributed by atoms with Crippen LogP contribution in [0, 0.1) is 0 Å². The number of aromatic nitrogens is 3. The van der Waals surface area contributed by atoms with Crippen molar-refractivity contribution in [3.05, 3.63) is 67.4 Å². The highest BCUT2D eigenvalue weighted by molar-refractivity contribution is 5.89. The Bertz CT molecular complexity index is 939. The van der Waals surface area contributed by atoms with Gasteiger partial charge in [-0.1, -0.05) is 12.6 Å². The van der Waals surface area contributed by atoms with Crippen molar-refractivity contribution in [3.63, 3.8) is 0 Å². The highest BCUT2D eigenvalue weighted by Crippen LogP contribution is 2.35. The molecule has 0 aliphatic carbocycles. The fraction of sp³-hybridized carbons (Fsp3) is 0.200. The van der Waals surface area contributed by atoms with E-state index >= 15 is 0 Å². The van der Waals surface area contributed by atoms with E-state index < -0.39 is 0 Å². The summed E-state index contributed by atoms with van der Waals surface area (Å²) in [5, 5.41) is 1.01. The molecule has 0 spiro atoms. The molecule has 1 aromatic carbocycles. The Morgan fingerprint density at radius 3 is 2.96 bits per heavy atom. The van der Waals surface area contributed by atoms with Gasteiger partial charge in [0.15, 0.2) is 0 Å². The van der Waals surface area contributed by atoms with Crippen LogP contribution >= 0.6 is 0 Å². The number of fused-ring (bicyclic) bond motifs is 1. The number of pyridine rings is 1. The lowest BCUT2D eigenvalue weighted by atomic mass is 9.92. The molecule has 1 unspecified atom stereocenters. The van der Waals surface area contributed by atoms with E-state index in [1.165, 1.54) is 6.08 Å². The number of carbonyl (C=O) groups is 1. The van der Waals surface area contributed by atoms with Gasteiger partial charge >= 0.3 is 0 Å². The van der Waals surface area contributed by atoms with Crippen molar-refractivity contribution in [1.29, 1.82) is 0 Å². The SMILES string of the molecule is C=CC(=O)N1CCC(c2cc(-c3cccnc3)cc3cncnc23)C1. The van der Waals surface area contributed by atoms with Crippen LogP contribution in [0.2, 0.25) is 0 Å². The van der Waals surface area contributed by atoms with Crippen molar-refractivity contribution < 1.29 is 4.79 Å². The molecule has 0 saturated carbocycles. The van der Waals surface area contributed by atoms with Gasteiger partial charge in [-0.15, -0.1) is 0 Å². The summed E-state index contributed by atoms with van der Waals surface area (Å²) >= 11 is 0. The molecule has 5 nitrogen and oxygen atoms in total. The molecule has 0 N–H and O–H groups in total. The van der Waals surface area contributed by atoms with E-state index in [0.717, 1.165) is 40.6 Å². The summed E-state index contributed by atoms with van der Waals surface area (Å²) < 4.78 is 0. The Labute approximate surface area is 146 Å². The molecule has 1 fully saturated rings. The number of hydrogen-bond acceptors (Lipinski definition) is 4. The fourth-order valence-electron chi connectivity index (χ4n) is 3.49. The van der Waals surface area contributed by atoms with Crippen molar-refractivity contribution in [2.75, 3.05) is 13.1 Å². The average molecular weight is 330 g/mol. The van der Waals surface area contributed by atoms with E-state index in [1.807, 2.05) is 29.4 Å². The maximum absolute atomic E-state index is 11.9. The first-order valence-electron chi connectivity index (χ1n) is 8.31. The third kappa shape index (κ3) is 2.89. The van der Waals surface area contributed by atoms with Crippen LogP contribution in [0.4, 0.5) is 0 Å². The van der Waals surface area contributed by atoms with Crippen LogP contribution < -0.4 is 0 Å². The number of amides is 1. The summed E-state index contributed by atoms with van der Waals surface area (Å²) in [6.07, 6.45) is 9.36. The molecular formula is C20H18N4O. The Balaban J connectivity index is 1.80. The summed E-state index contributed by atoms with van der Waals surface area (Å²) in [5.74, 6) is 0.253. The van der Waals surface area contributed by atoms with Gasteiger partial charge in [0.05, 0.1) is 5.52 Å². The second kappa shape index (κ2) is 6.43. The van der Waals surface area contributed by atoms with Gasteiger partial charge in [0.25, 0.3) is 0 Å². The molecule has 25 heavy (non-hydrogen) atoms. The first kappa shape index (κ1) is 15.4. The summed E-state index contributed by atoms with van der Waals surface area (Å²) in [4.78, 5) is 26.7. The molecule has 4 rings (SSSR count). The summed E-state index contributed by atoms with van der Waals surface area (Å²) in [7, 11) is 0. The summed E-state index contributed by atoms with van der Waals surface area (Å²) in [5.41, 5.74) is 4.28. The largest absolute Gasteiger partial charge is 0.339 e.